The minimum Gasteiger partial charge on any atom is -0.462 e. The number of carbonyl (C=O) groups excluding carboxylic acids is 1. The van der Waals surface area contributed by atoms with Crippen molar-refractivity contribution in [3.63, 3.8) is 0 Å². The van der Waals surface area contributed by atoms with Crippen LogP contribution in [0, 0.1) is 0 Å². The monoisotopic (exact) mass is 574 g/mol. The van der Waals surface area contributed by atoms with Gasteiger partial charge in [-0.25, -0.2) is 0 Å². The number of allylic oxidation sites excluding steroid dienone is 4. The SMILES string of the molecule is CCCCCCC=CCCCCCCCC(=O)OCCN1CC[N+](C)=C1CCCCCCCC=CCCCCCC. The van der Waals surface area contributed by atoms with Crippen LogP contribution >= 0.6 is 0 Å². The number of likely N-dealkylation sites (N-methyl/N-ethyl adjacent to an activating group) is 1. The van der Waals surface area contributed by atoms with Crippen molar-refractivity contribution in [2.45, 2.75) is 168 Å². The van der Waals surface area contributed by atoms with Gasteiger partial charge in [-0.2, -0.15) is 0 Å². The van der Waals surface area contributed by atoms with Crippen molar-refractivity contribution in [1.82, 2.24) is 4.90 Å². The van der Waals surface area contributed by atoms with Gasteiger partial charge in [0.2, 0.25) is 5.84 Å². The molecule has 0 aromatic heterocycles. The Bertz CT molecular complexity index is 697. The van der Waals surface area contributed by atoms with Gasteiger partial charge in [-0.1, -0.05) is 115 Å². The minimum atomic E-state index is -0.0172. The van der Waals surface area contributed by atoms with Gasteiger partial charge in [0.15, 0.2) is 0 Å². The van der Waals surface area contributed by atoms with Gasteiger partial charge in [0.25, 0.3) is 0 Å². The molecule has 0 spiro atoms. The predicted molar refractivity (Wildman–Crippen MR) is 179 cm³/mol. The number of carbonyl (C=O) groups is 1. The molecule has 0 radical (unpaired) electrons. The van der Waals surface area contributed by atoms with E-state index in [1.807, 2.05) is 0 Å². The summed E-state index contributed by atoms with van der Waals surface area (Å²) < 4.78 is 7.99. The lowest BCUT2D eigenvalue weighted by molar-refractivity contribution is -0.487. The highest BCUT2D eigenvalue weighted by Gasteiger charge is 2.27. The molecular formula is C37H69N2O2+. The minimum absolute atomic E-state index is 0.0172. The Morgan fingerprint density at radius 1 is 0.683 bits per heavy atom. The number of unbranched alkanes of at least 4 members (excludes halogenated alkanes) is 18. The van der Waals surface area contributed by atoms with E-state index in [4.69, 9.17) is 4.74 Å². The zero-order chi connectivity index (χ0) is 29.6. The molecule has 4 heteroatoms. The molecule has 41 heavy (non-hydrogen) atoms. The van der Waals surface area contributed by atoms with Crippen molar-refractivity contribution >= 4 is 11.8 Å². The Morgan fingerprint density at radius 2 is 1.15 bits per heavy atom. The van der Waals surface area contributed by atoms with Gasteiger partial charge in [0.05, 0.1) is 7.05 Å². The maximum atomic E-state index is 12.2. The van der Waals surface area contributed by atoms with Crippen molar-refractivity contribution in [3.8, 4) is 0 Å². The zero-order valence-electron chi connectivity index (χ0n) is 27.8. The van der Waals surface area contributed by atoms with Crippen LogP contribution in [-0.2, 0) is 9.53 Å². The summed E-state index contributed by atoms with van der Waals surface area (Å²) in [6.45, 7) is 8.04. The second-order valence-electron chi connectivity index (χ2n) is 12.3. The van der Waals surface area contributed by atoms with Crippen LogP contribution in [0.1, 0.15) is 168 Å². The summed E-state index contributed by atoms with van der Waals surface area (Å²) in [6.07, 6.45) is 39.5. The summed E-state index contributed by atoms with van der Waals surface area (Å²) in [4.78, 5) is 14.6. The molecular weight excluding hydrogens is 504 g/mol. The maximum absolute atomic E-state index is 12.2. The van der Waals surface area contributed by atoms with Gasteiger partial charge < -0.3 is 4.74 Å². The molecule has 0 saturated heterocycles. The van der Waals surface area contributed by atoms with Crippen LogP contribution in [0.4, 0.5) is 0 Å². The molecule has 0 saturated carbocycles. The van der Waals surface area contributed by atoms with Crippen molar-refractivity contribution in [2.24, 2.45) is 0 Å². The number of hydrogen-bond acceptors (Lipinski definition) is 3. The molecule has 1 rings (SSSR count). The molecule has 0 aliphatic carbocycles. The lowest BCUT2D eigenvalue weighted by Crippen LogP contribution is -2.32. The highest BCUT2D eigenvalue weighted by Crippen LogP contribution is 2.13. The Morgan fingerprint density at radius 3 is 1.68 bits per heavy atom. The Balaban J connectivity index is 1.98. The van der Waals surface area contributed by atoms with E-state index in [0.29, 0.717) is 13.0 Å². The fraction of sp³-hybridized carbons (Fsp3) is 0.838. The van der Waals surface area contributed by atoms with E-state index in [1.165, 1.54) is 134 Å². The zero-order valence-corrected chi connectivity index (χ0v) is 27.8. The van der Waals surface area contributed by atoms with E-state index in [2.05, 4.69) is 54.7 Å². The predicted octanol–water partition coefficient (Wildman–Crippen LogP) is 10.4. The lowest BCUT2D eigenvalue weighted by atomic mass is 10.1. The van der Waals surface area contributed by atoms with Gasteiger partial charge >= 0.3 is 5.97 Å². The van der Waals surface area contributed by atoms with Crippen LogP contribution in [0.3, 0.4) is 0 Å². The molecule has 0 fully saturated rings. The van der Waals surface area contributed by atoms with Crippen LogP contribution in [0.5, 0.6) is 0 Å². The largest absolute Gasteiger partial charge is 0.462 e. The smallest absolute Gasteiger partial charge is 0.305 e. The first-order chi connectivity index (χ1) is 20.2. The second-order valence-corrected chi connectivity index (χ2v) is 12.3. The molecule has 1 aliphatic rings. The molecule has 1 heterocycles. The summed E-state index contributed by atoms with van der Waals surface area (Å²) >= 11 is 0. The lowest BCUT2D eigenvalue weighted by Gasteiger charge is -2.14. The molecule has 0 N–H and O–H groups in total. The molecule has 0 aromatic carbocycles. The fourth-order valence-electron chi connectivity index (χ4n) is 5.69. The number of nitrogens with zero attached hydrogens (tertiary/aromatic N) is 2. The normalized spacial score (nSPS) is 13.9. The third kappa shape index (κ3) is 22.7. The summed E-state index contributed by atoms with van der Waals surface area (Å²) in [5, 5.41) is 0. The first-order valence-corrected chi connectivity index (χ1v) is 18.0. The molecule has 0 bridgehead atoms. The second kappa shape index (κ2) is 28.5. The van der Waals surface area contributed by atoms with E-state index in [0.717, 1.165) is 38.9 Å². The highest BCUT2D eigenvalue weighted by molar-refractivity contribution is 5.78. The van der Waals surface area contributed by atoms with E-state index >= 15 is 0 Å². The van der Waals surface area contributed by atoms with E-state index < -0.39 is 0 Å². The Hall–Kier alpha value is -1.58. The standard InChI is InChI=1S/C37H69N2O2/c1-4-6-8-10-12-14-16-18-20-22-24-26-28-30-36-38(3)32-33-39(36)34-35-41-37(40)31-29-27-25-23-21-19-17-15-13-11-9-7-5-2/h14-17H,4-13,18-35H2,1-3H3/q+1. The Labute approximate surface area is 256 Å². The van der Waals surface area contributed by atoms with Crippen molar-refractivity contribution in [1.29, 1.82) is 0 Å². The number of ether oxygens (including phenoxy) is 1. The maximum Gasteiger partial charge on any atom is 0.305 e. The molecule has 238 valence electrons. The van der Waals surface area contributed by atoms with Crippen LogP contribution in [0.25, 0.3) is 0 Å². The number of rotatable bonds is 29. The third-order valence-electron chi connectivity index (χ3n) is 8.44. The molecule has 0 amide bonds. The van der Waals surface area contributed by atoms with Crippen molar-refractivity contribution in [2.75, 3.05) is 33.3 Å². The first kappa shape index (κ1) is 37.4. The van der Waals surface area contributed by atoms with Crippen LogP contribution in [0.15, 0.2) is 24.3 Å². The molecule has 0 aromatic rings. The summed E-state index contributed by atoms with van der Waals surface area (Å²) in [5.74, 6) is 1.43. The van der Waals surface area contributed by atoms with Crippen molar-refractivity contribution < 1.29 is 14.1 Å². The summed E-state index contributed by atoms with van der Waals surface area (Å²) in [7, 11) is 2.21. The summed E-state index contributed by atoms with van der Waals surface area (Å²) in [5.41, 5.74) is 0. The summed E-state index contributed by atoms with van der Waals surface area (Å²) in [6, 6.07) is 0. The van der Waals surface area contributed by atoms with Crippen LogP contribution in [-0.4, -0.2) is 54.6 Å². The van der Waals surface area contributed by atoms with Crippen LogP contribution in [0.2, 0.25) is 0 Å². The number of esters is 1. The average molecular weight is 574 g/mol. The van der Waals surface area contributed by atoms with E-state index in [-0.39, 0.29) is 5.97 Å². The fourth-order valence-corrected chi connectivity index (χ4v) is 5.69. The highest BCUT2D eigenvalue weighted by atomic mass is 16.5. The van der Waals surface area contributed by atoms with Gasteiger partial charge in [0.1, 0.15) is 26.2 Å². The quantitative estimate of drug-likeness (QED) is 0.0386. The molecule has 0 atom stereocenters. The van der Waals surface area contributed by atoms with Gasteiger partial charge in [-0.15, -0.1) is 0 Å². The van der Waals surface area contributed by atoms with Gasteiger partial charge in [0, 0.05) is 12.8 Å². The third-order valence-corrected chi connectivity index (χ3v) is 8.44. The Kier molecular flexibility index (Phi) is 26.1. The van der Waals surface area contributed by atoms with E-state index in [1.54, 1.807) is 0 Å². The molecule has 4 nitrogen and oxygen atoms in total. The van der Waals surface area contributed by atoms with Gasteiger partial charge in [-0.3, -0.25) is 14.3 Å². The van der Waals surface area contributed by atoms with Crippen LogP contribution < -0.4 is 0 Å². The topological polar surface area (TPSA) is 32.5 Å². The first-order valence-electron chi connectivity index (χ1n) is 18.0. The molecule has 1 aliphatic heterocycles. The van der Waals surface area contributed by atoms with Crippen molar-refractivity contribution in [3.05, 3.63) is 24.3 Å². The van der Waals surface area contributed by atoms with E-state index in [9.17, 15) is 4.79 Å². The molecule has 0 unspecified atom stereocenters. The average Bonchev–Trinajstić information content (AvgIpc) is 3.32. The van der Waals surface area contributed by atoms with Gasteiger partial charge in [-0.05, 0) is 64.2 Å². The number of hydrogen-bond donors (Lipinski definition) is 0. The number of amidine groups is 1.